The zero-order chi connectivity index (χ0) is 23.5. The maximum absolute atomic E-state index is 13.1. The van der Waals surface area contributed by atoms with Crippen LogP contribution in [0.1, 0.15) is 37.5 Å². The topological polar surface area (TPSA) is 89.3 Å². The number of aryl methyl sites for hydroxylation is 3. The summed E-state index contributed by atoms with van der Waals surface area (Å²) in [5.41, 5.74) is 3.35. The number of nitrogens with zero attached hydrogens (tertiary/aromatic N) is 1. The Morgan fingerprint density at radius 3 is 2.58 bits per heavy atom. The Bertz CT molecular complexity index is 1440. The quantitative estimate of drug-likeness (QED) is 0.238. The Kier molecular flexibility index (Phi) is 6.42. The van der Waals surface area contributed by atoms with Crippen LogP contribution in [0.3, 0.4) is 0 Å². The first kappa shape index (κ1) is 22.5. The third kappa shape index (κ3) is 5.04. The number of hydrogen-bond acceptors (Lipinski definition) is 6. The molecule has 4 rings (SSSR count). The normalized spacial score (nSPS) is 10.9. The number of anilines is 1. The van der Waals surface area contributed by atoms with Gasteiger partial charge in [0.15, 0.2) is 5.78 Å². The summed E-state index contributed by atoms with van der Waals surface area (Å²) < 4.78 is 5.28. The van der Waals surface area contributed by atoms with Crippen molar-refractivity contribution in [3.8, 4) is 0 Å². The van der Waals surface area contributed by atoms with Crippen LogP contribution in [0.2, 0.25) is 0 Å². The van der Waals surface area contributed by atoms with Crippen LogP contribution in [0, 0.1) is 20.8 Å². The zero-order valence-corrected chi connectivity index (χ0v) is 19.3. The van der Waals surface area contributed by atoms with E-state index in [0.29, 0.717) is 27.2 Å². The lowest BCUT2D eigenvalue weighted by Crippen LogP contribution is -2.18. The number of para-hydroxylation sites is 1. The molecule has 0 radical (unpaired) electrons. The molecule has 0 unspecified atom stereocenters. The van der Waals surface area contributed by atoms with Gasteiger partial charge < -0.3 is 9.73 Å². The molecule has 2 heterocycles. The van der Waals surface area contributed by atoms with Crippen molar-refractivity contribution in [1.29, 1.82) is 0 Å². The average molecular weight is 459 g/mol. The largest absolute Gasteiger partial charge is 0.422 e. The van der Waals surface area contributed by atoms with Crippen molar-refractivity contribution in [1.82, 2.24) is 4.98 Å². The maximum Gasteiger partial charge on any atom is 0.347 e. The SMILES string of the molecule is Cc1cccc(NC(=O)c2c(C)cc(C)nc2SCC(=O)c2cc3ccccc3oc2=O)c1. The molecule has 0 aliphatic heterocycles. The number of thioether (sulfide) groups is 1. The van der Waals surface area contributed by atoms with Crippen LogP contribution in [-0.4, -0.2) is 22.4 Å². The molecule has 1 N–H and O–H groups in total. The molecule has 0 aliphatic rings. The van der Waals surface area contributed by atoms with Crippen LogP contribution >= 0.6 is 11.8 Å². The monoisotopic (exact) mass is 458 g/mol. The summed E-state index contributed by atoms with van der Waals surface area (Å²) in [4.78, 5) is 42.8. The van der Waals surface area contributed by atoms with E-state index >= 15 is 0 Å². The molecule has 6 nitrogen and oxygen atoms in total. The molecule has 7 heteroatoms. The van der Waals surface area contributed by atoms with Gasteiger partial charge in [0.25, 0.3) is 5.91 Å². The van der Waals surface area contributed by atoms with Gasteiger partial charge in [-0.05, 0) is 62.2 Å². The van der Waals surface area contributed by atoms with Crippen molar-refractivity contribution < 1.29 is 14.0 Å². The second kappa shape index (κ2) is 9.42. The fraction of sp³-hybridized carbons (Fsp3) is 0.154. The lowest BCUT2D eigenvalue weighted by Gasteiger charge is -2.13. The van der Waals surface area contributed by atoms with Crippen LogP contribution in [0.4, 0.5) is 5.69 Å². The zero-order valence-electron chi connectivity index (χ0n) is 18.5. The number of pyridine rings is 1. The van der Waals surface area contributed by atoms with E-state index in [4.69, 9.17) is 4.42 Å². The lowest BCUT2D eigenvalue weighted by atomic mass is 10.1. The number of fused-ring (bicyclic) bond motifs is 1. The molecule has 0 aliphatic carbocycles. The molecule has 1 amide bonds. The Morgan fingerprint density at radius 2 is 1.79 bits per heavy atom. The summed E-state index contributed by atoms with van der Waals surface area (Å²) in [6.07, 6.45) is 0. The second-order valence-electron chi connectivity index (χ2n) is 7.78. The Hall–Kier alpha value is -3.71. The Morgan fingerprint density at radius 1 is 1.00 bits per heavy atom. The fourth-order valence-corrected chi connectivity index (χ4v) is 4.60. The number of ketones is 1. The number of aromatic nitrogens is 1. The predicted molar refractivity (Wildman–Crippen MR) is 130 cm³/mol. The van der Waals surface area contributed by atoms with Crippen molar-refractivity contribution in [2.75, 3.05) is 11.1 Å². The highest BCUT2D eigenvalue weighted by Gasteiger charge is 2.20. The van der Waals surface area contributed by atoms with Crippen molar-refractivity contribution >= 4 is 40.1 Å². The minimum absolute atomic E-state index is 0.0173. The fourth-order valence-electron chi connectivity index (χ4n) is 3.57. The van der Waals surface area contributed by atoms with E-state index in [-0.39, 0.29) is 23.0 Å². The van der Waals surface area contributed by atoms with Crippen molar-refractivity contribution in [2.24, 2.45) is 0 Å². The number of carbonyl (C=O) groups excluding carboxylic acids is 2. The Balaban J connectivity index is 1.59. The molecular formula is C26H22N2O4S. The van der Waals surface area contributed by atoms with Gasteiger partial charge in [-0.25, -0.2) is 9.78 Å². The molecule has 4 aromatic rings. The molecule has 0 fully saturated rings. The van der Waals surface area contributed by atoms with E-state index < -0.39 is 5.63 Å². The van der Waals surface area contributed by atoms with Gasteiger partial charge in [0.05, 0.1) is 11.3 Å². The van der Waals surface area contributed by atoms with E-state index in [0.717, 1.165) is 28.6 Å². The third-order valence-corrected chi connectivity index (χ3v) is 6.07. The molecule has 0 bridgehead atoms. The maximum atomic E-state index is 13.1. The van der Waals surface area contributed by atoms with Gasteiger partial charge in [0.1, 0.15) is 16.2 Å². The highest BCUT2D eigenvalue weighted by Crippen LogP contribution is 2.26. The predicted octanol–water partition coefficient (Wildman–Crippen LogP) is 5.34. The number of Topliss-reactive ketones (excluding diaryl/α,β-unsaturated/α-hetero) is 1. The van der Waals surface area contributed by atoms with Gasteiger partial charge in [-0.1, -0.05) is 42.1 Å². The molecule has 2 aromatic heterocycles. The van der Waals surface area contributed by atoms with Gasteiger partial charge in [0.2, 0.25) is 0 Å². The van der Waals surface area contributed by atoms with Gasteiger partial charge in [0, 0.05) is 16.8 Å². The summed E-state index contributed by atoms with van der Waals surface area (Å²) in [6.45, 7) is 5.62. The molecule has 0 atom stereocenters. The third-order valence-electron chi connectivity index (χ3n) is 5.10. The van der Waals surface area contributed by atoms with E-state index in [9.17, 15) is 14.4 Å². The smallest absolute Gasteiger partial charge is 0.347 e. The summed E-state index contributed by atoms with van der Waals surface area (Å²) in [7, 11) is 0. The van der Waals surface area contributed by atoms with Gasteiger partial charge in [-0.3, -0.25) is 9.59 Å². The lowest BCUT2D eigenvalue weighted by molar-refractivity contribution is 0.101. The second-order valence-corrected chi connectivity index (χ2v) is 8.75. The van der Waals surface area contributed by atoms with E-state index in [1.54, 1.807) is 24.3 Å². The Labute approximate surface area is 195 Å². The van der Waals surface area contributed by atoms with Crippen LogP contribution in [0.25, 0.3) is 11.0 Å². The number of nitrogens with one attached hydrogen (secondary N) is 1. The summed E-state index contributed by atoms with van der Waals surface area (Å²) in [5.74, 6) is -0.736. The molecule has 166 valence electrons. The number of carbonyl (C=O) groups is 2. The van der Waals surface area contributed by atoms with Gasteiger partial charge >= 0.3 is 5.63 Å². The first-order valence-corrected chi connectivity index (χ1v) is 11.4. The number of hydrogen-bond donors (Lipinski definition) is 1. The molecule has 2 aromatic carbocycles. The van der Waals surface area contributed by atoms with Crippen molar-refractivity contribution in [3.05, 3.63) is 99.0 Å². The van der Waals surface area contributed by atoms with Gasteiger partial charge in [-0.2, -0.15) is 0 Å². The summed E-state index contributed by atoms with van der Waals surface area (Å²) >= 11 is 1.13. The van der Waals surface area contributed by atoms with Crippen LogP contribution in [0.15, 0.2) is 74.9 Å². The summed E-state index contributed by atoms with van der Waals surface area (Å²) in [5, 5.41) is 4.02. The van der Waals surface area contributed by atoms with E-state index in [1.165, 1.54) is 0 Å². The standard InChI is InChI=1S/C26H22N2O4S/c1-15-7-6-9-19(11-15)28-24(30)23-16(2)12-17(3)27-25(23)33-14-21(29)20-13-18-8-4-5-10-22(18)32-26(20)31/h4-13H,14H2,1-3H3,(H,28,30). The molecule has 33 heavy (non-hydrogen) atoms. The van der Waals surface area contributed by atoms with Crippen LogP contribution in [0.5, 0.6) is 0 Å². The summed E-state index contributed by atoms with van der Waals surface area (Å²) in [6, 6.07) is 17.9. The first-order valence-electron chi connectivity index (χ1n) is 10.4. The highest BCUT2D eigenvalue weighted by atomic mass is 32.2. The molecule has 0 saturated heterocycles. The minimum atomic E-state index is -0.676. The van der Waals surface area contributed by atoms with Crippen molar-refractivity contribution in [2.45, 2.75) is 25.8 Å². The van der Waals surface area contributed by atoms with Crippen LogP contribution < -0.4 is 10.9 Å². The molecule has 0 spiro atoms. The number of benzene rings is 2. The van der Waals surface area contributed by atoms with E-state index in [2.05, 4.69) is 10.3 Å². The molecular weight excluding hydrogens is 436 g/mol. The highest BCUT2D eigenvalue weighted by molar-refractivity contribution is 8.00. The number of rotatable bonds is 6. The van der Waals surface area contributed by atoms with E-state index in [1.807, 2.05) is 57.2 Å². The minimum Gasteiger partial charge on any atom is -0.422 e. The average Bonchev–Trinajstić information content (AvgIpc) is 2.76. The van der Waals surface area contributed by atoms with Crippen molar-refractivity contribution in [3.63, 3.8) is 0 Å². The molecule has 0 saturated carbocycles. The van der Waals surface area contributed by atoms with Crippen LogP contribution in [-0.2, 0) is 0 Å². The first-order chi connectivity index (χ1) is 15.8. The number of amides is 1. The van der Waals surface area contributed by atoms with Gasteiger partial charge in [-0.15, -0.1) is 0 Å².